The van der Waals surface area contributed by atoms with Gasteiger partial charge in [0.15, 0.2) is 6.04 Å². The summed E-state index contributed by atoms with van der Waals surface area (Å²) in [6.45, 7) is 2.77. The number of amides is 4. The maximum absolute atomic E-state index is 12.2. The van der Waals surface area contributed by atoms with Gasteiger partial charge in [-0.3, -0.25) is 14.5 Å². The van der Waals surface area contributed by atoms with Gasteiger partial charge in [0.25, 0.3) is 0 Å². The number of thiophene rings is 1. The minimum Gasteiger partial charge on any atom is -0.479 e. The Morgan fingerprint density at radius 1 is 1.33 bits per heavy atom. The third-order valence-corrected chi connectivity index (χ3v) is 4.62. The molecule has 0 spiro atoms. The molecule has 4 amide bonds. The maximum atomic E-state index is 12.2. The van der Waals surface area contributed by atoms with Crippen molar-refractivity contribution in [2.75, 3.05) is 19.6 Å². The van der Waals surface area contributed by atoms with Gasteiger partial charge < -0.3 is 15.3 Å². The number of hydrogen-bond donors (Lipinski definition) is 2. The lowest BCUT2D eigenvalue weighted by Crippen LogP contribution is -2.58. The van der Waals surface area contributed by atoms with E-state index in [-0.39, 0.29) is 13.1 Å². The molecule has 0 saturated carbocycles. The quantitative estimate of drug-likeness (QED) is 0.744. The molecule has 1 aliphatic heterocycles. The molecule has 8 nitrogen and oxygen atoms in total. The molecule has 1 aromatic rings. The lowest BCUT2D eigenvalue weighted by Gasteiger charge is -2.33. The van der Waals surface area contributed by atoms with Gasteiger partial charge in [-0.1, -0.05) is 19.4 Å². The Bertz CT molecular complexity index is 631. The van der Waals surface area contributed by atoms with Crippen molar-refractivity contribution in [3.63, 3.8) is 0 Å². The molecule has 1 aromatic heterocycles. The van der Waals surface area contributed by atoms with Gasteiger partial charge in [0.1, 0.15) is 0 Å². The Balaban J connectivity index is 2.03. The first-order valence-corrected chi connectivity index (χ1v) is 8.51. The fraction of sp³-hybridized carbons (Fsp3) is 0.467. The number of piperazine rings is 1. The molecule has 1 unspecified atom stereocenters. The van der Waals surface area contributed by atoms with Crippen LogP contribution in [0.25, 0.3) is 0 Å². The van der Waals surface area contributed by atoms with Gasteiger partial charge in [-0.05, 0) is 17.9 Å². The van der Waals surface area contributed by atoms with E-state index in [0.29, 0.717) is 11.4 Å². The zero-order valence-corrected chi connectivity index (χ0v) is 14.0. The second-order valence-electron chi connectivity index (χ2n) is 5.34. The van der Waals surface area contributed by atoms with Crippen LogP contribution in [0.1, 0.15) is 30.7 Å². The molecular weight excluding hydrogens is 334 g/mol. The van der Waals surface area contributed by atoms with Crippen molar-refractivity contribution in [1.29, 1.82) is 0 Å². The average molecular weight is 353 g/mol. The third-order valence-electron chi connectivity index (χ3n) is 3.68. The lowest BCUT2D eigenvalue weighted by molar-refractivity contribution is -0.153. The Morgan fingerprint density at radius 3 is 2.67 bits per heavy atom. The fourth-order valence-corrected chi connectivity index (χ4v) is 3.11. The summed E-state index contributed by atoms with van der Waals surface area (Å²) in [7, 11) is 0. The molecule has 24 heavy (non-hydrogen) atoms. The SMILES string of the molecule is CCCCN1CCN(C(=O)NC(C(=O)O)c2cccs2)C(=O)C1=O. The number of urea groups is 1. The first kappa shape index (κ1) is 17.9. The van der Waals surface area contributed by atoms with Crippen LogP contribution < -0.4 is 5.32 Å². The van der Waals surface area contributed by atoms with E-state index in [9.17, 15) is 24.3 Å². The van der Waals surface area contributed by atoms with Crippen LogP contribution in [0, 0.1) is 0 Å². The summed E-state index contributed by atoms with van der Waals surface area (Å²) >= 11 is 1.18. The summed E-state index contributed by atoms with van der Waals surface area (Å²) < 4.78 is 0. The Morgan fingerprint density at radius 2 is 2.08 bits per heavy atom. The van der Waals surface area contributed by atoms with Crippen LogP contribution in [0.15, 0.2) is 17.5 Å². The maximum Gasteiger partial charge on any atom is 0.331 e. The number of carbonyl (C=O) groups excluding carboxylic acids is 3. The molecule has 2 heterocycles. The van der Waals surface area contributed by atoms with Crippen molar-refractivity contribution in [1.82, 2.24) is 15.1 Å². The van der Waals surface area contributed by atoms with Crippen LogP contribution in [0.3, 0.4) is 0 Å². The number of nitrogens with zero attached hydrogens (tertiary/aromatic N) is 2. The van der Waals surface area contributed by atoms with Gasteiger partial charge in [0.05, 0.1) is 0 Å². The summed E-state index contributed by atoms with van der Waals surface area (Å²) in [6.07, 6.45) is 1.67. The van der Waals surface area contributed by atoms with Crippen molar-refractivity contribution in [2.24, 2.45) is 0 Å². The van der Waals surface area contributed by atoms with Crippen LogP contribution in [0.4, 0.5) is 4.79 Å². The number of imide groups is 1. The second kappa shape index (κ2) is 7.91. The van der Waals surface area contributed by atoms with Crippen molar-refractivity contribution in [3.05, 3.63) is 22.4 Å². The highest BCUT2D eigenvalue weighted by molar-refractivity contribution is 7.10. The summed E-state index contributed by atoms with van der Waals surface area (Å²) in [6, 6.07) is 1.13. The van der Waals surface area contributed by atoms with Crippen LogP contribution in [0.2, 0.25) is 0 Å². The predicted molar refractivity (Wildman–Crippen MR) is 86.4 cm³/mol. The number of rotatable bonds is 6. The Labute approximate surface area is 143 Å². The number of unbranched alkanes of at least 4 members (excludes halogenated alkanes) is 1. The Hall–Kier alpha value is -2.42. The van der Waals surface area contributed by atoms with E-state index in [0.717, 1.165) is 17.7 Å². The van der Waals surface area contributed by atoms with Crippen LogP contribution in [-0.2, 0) is 14.4 Å². The molecule has 1 atom stereocenters. The molecule has 0 radical (unpaired) electrons. The molecule has 1 fully saturated rings. The molecular formula is C15H19N3O5S. The average Bonchev–Trinajstić information content (AvgIpc) is 3.07. The van der Waals surface area contributed by atoms with Gasteiger partial charge in [-0.25, -0.2) is 9.59 Å². The second-order valence-corrected chi connectivity index (χ2v) is 6.32. The minimum atomic E-state index is -1.25. The van der Waals surface area contributed by atoms with E-state index in [4.69, 9.17) is 0 Å². The molecule has 0 aliphatic carbocycles. The topological polar surface area (TPSA) is 107 Å². The zero-order chi connectivity index (χ0) is 17.7. The molecule has 1 aliphatic rings. The van der Waals surface area contributed by atoms with Crippen molar-refractivity contribution >= 4 is 35.2 Å². The molecule has 2 N–H and O–H groups in total. The molecule has 2 rings (SSSR count). The smallest absolute Gasteiger partial charge is 0.331 e. The van der Waals surface area contributed by atoms with E-state index >= 15 is 0 Å². The summed E-state index contributed by atoms with van der Waals surface area (Å²) in [5, 5.41) is 13.3. The summed E-state index contributed by atoms with van der Waals surface area (Å²) in [4.78, 5) is 50.4. The highest BCUT2D eigenvalue weighted by Gasteiger charge is 2.37. The highest BCUT2D eigenvalue weighted by Crippen LogP contribution is 2.20. The lowest BCUT2D eigenvalue weighted by atomic mass is 10.2. The standard InChI is InChI=1S/C15H19N3O5S/c1-2-3-6-17-7-8-18(13(20)12(17)19)15(23)16-11(14(21)22)10-5-4-9-24-10/h4-5,9,11H,2-3,6-8H2,1H3,(H,16,23)(H,21,22). The number of nitrogens with one attached hydrogen (secondary N) is 1. The van der Waals surface area contributed by atoms with Crippen LogP contribution in [0.5, 0.6) is 0 Å². The van der Waals surface area contributed by atoms with E-state index in [2.05, 4.69) is 5.32 Å². The first-order chi connectivity index (χ1) is 11.5. The zero-order valence-electron chi connectivity index (χ0n) is 13.2. The van der Waals surface area contributed by atoms with Gasteiger partial charge in [-0.15, -0.1) is 11.3 Å². The van der Waals surface area contributed by atoms with Crippen LogP contribution in [-0.4, -0.2) is 58.4 Å². The number of carboxylic acid groups (broad SMARTS) is 1. The third kappa shape index (κ3) is 3.91. The largest absolute Gasteiger partial charge is 0.479 e. The molecule has 1 saturated heterocycles. The molecule has 130 valence electrons. The van der Waals surface area contributed by atoms with Crippen molar-refractivity contribution in [2.45, 2.75) is 25.8 Å². The molecule has 0 aromatic carbocycles. The van der Waals surface area contributed by atoms with E-state index < -0.39 is 29.9 Å². The van der Waals surface area contributed by atoms with E-state index in [1.165, 1.54) is 16.2 Å². The van der Waals surface area contributed by atoms with E-state index in [1.54, 1.807) is 17.5 Å². The number of hydrogen-bond acceptors (Lipinski definition) is 5. The van der Waals surface area contributed by atoms with Gasteiger partial charge in [-0.2, -0.15) is 0 Å². The van der Waals surface area contributed by atoms with Crippen LogP contribution >= 0.6 is 11.3 Å². The highest BCUT2D eigenvalue weighted by atomic mass is 32.1. The van der Waals surface area contributed by atoms with Gasteiger partial charge >= 0.3 is 23.8 Å². The summed E-state index contributed by atoms with van der Waals surface area (Å²) in [5.41, 5.74) is 0. The Kier molecular flexibility index (Phi) is 5.91. The number of carboxylic acids is 1. The predicted octanol–water partition coefficient (Wildman–Crippen LogP) is 1.05. The molecule has 9 heteroatoms. The van der Waals surface area contributed by atoms with Gasteiger partial charge in [0, 0.05) is 24.5 Å². The normalized spacial score (nSPS) is 16.2. The van der Waals surface area contributed by atoms with Crippen molar-refractivity contribution < 1.29 is 24.3 Å². The van der Waals surface area contributed by atoms with Gasteiger partial charge in [0.2, 0.25) is 0 Å². The first-order valence-electron chi connectivity index (χ1n) is 7.63. The van der Waals surface area contributed by atoms with E-state index in [1.807, 2.05) is 6.92 Å². The van der Waals surface area contributed by atoms with Crippen molar-refractivity contribution in [3.8, 4) is 0 Å². The minimum absolute atomic E-state index is 0.0525. The monoisotopic (exact) mass is 353 g/mol. The number of aliphatic carboxylic acids is 1. The molecule has 0 bridgehead atoms. The summed E-state index contributed by atoms with van der Waals surface area (Å²) in [5.74, 6) is -2.89. The number of carbonyl (C=O) groups is 4. The fourth-order valence-electron chi connectivity index (χ4n) is 2.34.